The molecule has 0 aromatic heterocycles. The summed E-state index contributed by atoms with van der Waals surface area (Å²) in [5.74, 6) is -1.31. The average molecular weight is 279 g/mol. The van der Waals surface area contributed by atoms with E-state index < -0.39 is 29.9 Å². The second-order valence-electron chi connectivity index (χ2n) is 4.25. The fourth-order valence-corrected chi connectivity index (χ4v) is 1.88. The maximum atomic E-state index is 13.1. The number of benzene rings is 1. The molecule has 0 bridgehead atoms. The van der Waals surface area contributed by atoms with Crippen molar-refractivity contribution in [1.82, 2.24) is 0 Å². The van der Waals surface area contributed by atoms with Crippen molar-refractivity contribution in [1.29, 1.82) is 0 Å². The molecule has 1 saturated heterocycles. The van der Waals surface area contributed by atoms with Crippen molar-refractivity contribution in [3.63, 3.8) is 0 Å². The van der Waals surface area contributed by atoms with Crippen LogP contribution in [0, 0.1) is 5.82 Å². The van der Waals surface area contributed by atoms with Crippen LogP contribution in [0.5, 0.6) is 0 Å². The second-order valence-corrected chi connectivity index (χ2v) is 4.25. The Kier molecular flexibility index (Phi) is 4.07. The zero-order valence-electron chi connectivity index (χ0n) is 9.91. The first-order valence-corrected chi connectivity index (χ1v) is 5.73. The summed E-state index contributed by atoms with van der Waals surface area (Å²) < 4.78 is 61.2. The third-order valence-corrected chi connectivity index (χ3v) is 2.86. The molecule has 0 amide bonds. The number of alkyl halides is 3. The maximum Gasteiger partial charge on any atom is 0.419 e. The molecule has 0 aliphatic carbocycles. The number of hydrogen-bond acceptors (Lipinski definition) is 3. The molecule has 1 aromatic rings. The molecular weight excluding hydrogens is 266 g/mol. The Labute approximate surface area is 107 Å². The lowest BCUT2D eigenvalue weighted by atomic mass is 10.0. The molecule has 0 spiro atoms. The van der Waals surface area contributed by atoms with Crippen molar-refractivity contribution >= 4 is 0 Å². The van der Waals surface area contributed by atoms with Crippen LogP contribution in [-0.4, -0.2) is 19.5 Å². The molecular formula is C12H13F4NO2. The molecule has 1 aliphatic rings. The van der Waals surface area contributed by atoms with E-state index in [0.717, 1.165) is 12.1 Å². The van der Waals surface area contributed by atoms with Crippen LogP contribution in [0.1, 0.15) is 23.6 Å². The first-order chi connectivity index (χ1) is 8.88. The van der Waals surface area contributed by atoms with E-state index in [2.05, 4.69) is 0 Å². The molecule has 106 valence electrons. The summed E-state index contributed by atoms with van der Waals surface area (Å²) in [4.78, 5) is 0. The minimum Gasteiger partial charge on any atom is -0.350 e. The van der Waals surface area contributed by atoms with Crippen molar-refractivity contribution in [2.75, 3.05) is 13.2 Å². The van der Waals surface area contributed by atoms with Gasteiger partial charge in [-0.1, -0.05) is 6.07 Å². The number of nitrogens with two attached hydrogens (primary N) is 1. The van der Waals surface area contributed by atoms with Gasteiger partial charge in [-0.15, -0.1) is 0 Å². The summed E-state index contributed by atoms with van der Waals surface area (Å²) in [5, 5.41) is 0. The minimum atomic E-state index is -4.74. The van der Waals surface area contributed by atoms with E-state index in [1.807, 2.05) is 0 Å². The molecule has 7 heteroatoms. The number of rotatable bonds is 3. The molecule has 1 fully saturated rings. The van der Waals surface area contributed by atoms with Crippen LogP contribution in [0.2, 0.25) is 0 Å². The van der Waals surface area contributed by atoms with Gasteiger partial charge in [0.05, 0.1) is 18.8 Å². The maximum absolute atomic E-state index is 13.1. The van der Waals surface area contributed by atoms with Crippen molar-refractivity contribution < 1.29 is 27.0 Å². The largest absolute Gasteiger partial charge is 0.419 e. The van der Waals surface area contributed by atoms with E-state index in [4.69, 9.17) is 15.2 Å². The highest BCUT2D eigenvalue weighted by atomic mass is 19.4. The van der Waals surface area contributed by atoms with Crippen LogP contribution in [0.25, 0.3) is 0 Å². The number of ether oxygens (including phenoxy) is 2. The van der Waals surface area contributed by atoms with Gasteiger partial charge < -0.3 is 15.2 Å². The molecule has 2 rings (SSSR count). The molecule has 1 aromatic carbocycles. The van der Waals surface area contributed by atoms with Gasteiger partial charge in [0.2, 0.25) is 0 Å². The third kappa shape index (κ3) is 3.43. The van der Waals surface area contributed by atoms with Crippen molar-refractivity contribution in [2.45, 2.75) is 24.9 Å². The summed E-state index contributed by atoms with van der Waals surface area (Å²) in [6.07, 6.45) is -5.03. The Bertz CT molecular complexity index is 444. The van der Waals surface area contributed by atoms with Crippen LogP contribution in [0.15, 0.2) is 18.2 Å². The molecule has 19 heavy (non-hydrogen) atoms. The molecule has 3 nitrogen and oxygen atoms in total. The number of hydrogen-bond donors (Lipinski definition) is 1. The summed E-state index contributed by atoms with van der Waals surface area (Å²) in [6, 6.07) is 2.04. The number of halogens is 4. The van der Waals surface area contributed by atoms with Crippen LogP contribution in [0.3, 0.4) is 0 Å². The van der Waals surface area contributed by atoms with E-state index in [0.29, 0.717) is 13.2 Å². The lowest BCUT2D eigenvalue weighted by Crippen LogP contribution is -2.20. The first-order valence-electron chi connectivity index (χ1n) is 5.73. The fraction of sp³-hybridized carbons (Fsp3) is 0.500. The molecule has 2 N–H and O–H groups in total. The highest BCUT2D eigenvalue weighted by Gasteiger charge is 2.34. The van der Waals surface area contributed by atoms with E-state index in [9.17, 15) is 17.6 Å². The summed E-state index contributed by atoms with van der Waals surface area (Å²) in [5.41, 5.74) is 4.68. The zero-order valence-corrected chi connectivity index (χ0v) is 9.91. The van der Waals surface area contributed by atoms with Gasteiger partial charge in [0, 0.05) is 12.5 Å². The van der Waals surface area contributed by atoms with Gasteiger partial charge in [0.25, 0.3) is 0 Å². The van der Waals surface area contributed by atoms with Gasteiger partial charge in [-0.3, -0.25) is 0 Å². The van der Waals surface area contributed by atoms with Crippen LogP contribution >= 0.6 is 0 Å². The monoisotopic (exact) mass is 279 g/mol. The molecule has 1 unspecified atom stereocenters. The van der Waals surface area contributed by atoms with E-state index in [1.165, 1.54) is 6.07 Å². The summed E-state index contributed by atoms with van der Waals surface area (Å²) >= 11 is 0. The highest BCUT2D eigenvalue weighted by molar-refractivity contribution is 5.29. The molecule has 0 radical (unpaired) electrons. The standard InChI is InChI=1S/C12H13F4NO2/c13-9-2-1-7(5-8(9)12(14,15)16)10(17)6-11-18-3-4-19-11/h1-2,5,10-11H,3-4,6,17H2. The molecule has 0 saturated carbocycles. The van der Waals surface area contributed by atoms with Crippen molar-refractivity contribution in [3.8, 4) is 0 Å². The SMILES string of the molecule is NC(CC1OCCO1)c1ccc(F)c(C(F)(F)F)c1. The minimum absolute atomic E-state index is 0.202. The van der Waals surface area contributed by atoms with E-state index in [1.54, 1.807) is 0 Å². The smallest absolute Gasteiger partial charge is 0.350 e. The van der Waals surface area contributed by atoms with Crippen LogP contribution < -0.4 is 5.73 Å². The second kappa shape index (κ2) is 5.44. The zero-order chi connectivity index (χ0) is 14.0. The third-order valence-electron chi connectivity index (χ3n) is 2.86. The quantitative estimate of drug-likeness (QED) is 0.865. The average Bonchev–Trinajstić information content (AvgIpc) is 2.80. The Morgan fingerprint density at radius 3 is 2.47 bits per heavy atom. The Morgan fingerprint density at radius 1 is 1.26 bits per heavy atom. The molecule has 1 aliphatic heterocycles. The van der Waals surface area contributed by atoms with Gasteiger partial charge >= 0.3 is 6.18 Å². The van der Waals surface area contributed by atoms with Crippen LogP contribution in [0.4, 0.5) is 17.6 Å². The molecule has 1 heterocycles. The lowest BCUT2D eigenvalue weighted by molar-refractivity contribution is -0.140. The Balaban J connectivity index is 2.15. The van der Waals surface area contributed by atoms with Gasteiger partial charge in [-0.2, -0.15) is 13.2 Å². The highest BCUT2D eigenvalue weighted by Crippen LogP contribution is 2.33. The summed E-state index contributed by atoms with van der Waals surface area (Å²) in [6.45, 7) is 0.878. The normalized spacial score (nSPS) is 18.8. The van der Waals surface area contributed by atoms with Gasteiger partial charge in [0.15, 0.2) is 6.29 Å². The van der Waals surface area contributed by atoms with Gasteiger partial charge in [-0.05, 0) is 17.7 Å². The predicted molar refractivity (Wildman–Crippen MR) is 58.6 cm³/mol. The molecule has 1 atom stereocenters. The lowest BCUT2D eigenvalue weighted by Gasteiger charge is -2.17. The van der Waals surface area contributed by atoms with E-state index in [-0.39, 0.29) is 12.0 Å². The predicted octanol–water partition coefficient (Wildman–Crippen LogP) is 2.61. The van der Waals surface area contributed by atoms with E-state index >= 15 is 0 Å². The van der Waals surface area contributed by atoms with Gasteiger partial charge in [0.1, 0.15) is 5.82 Å². The topological polar surface area (TPSA) is 44.5 Å². The van der Waals surface area contributed by atoms with Crippen molar-refractivity contribution in [2.24, 2.45) is 5.73 Å². The Morgan fingerprint density at radius 2 is 1.89 bits per heavy atom. The van der Waals surface area contributed by atoms with Crippen LogP contribution in [-0.2, 0) is 15.7 Å². The van der Waals surface area contributed by atoms with Crippen molar-refractivity contribution in [3.05, 3.63) is 35.1 Å². The fourth-order valence-electron chi connectivity index (χ4n) is 1.88. The van der Waals surface area contributed by atoms with Gasteiger partial charge in [-0.25, -0.2) is 4.39 Å². The Hall–Kier alpha value is -1.18. The summed E-state index contributed by atoms with van der Waals surface area (Å²) in [7, 11) is 0. The first kappa shape index (κ1) is 14.2.